The number of hydrogen-bond donors (Lipinski definition) is 2. The molecule has 2 bridgehead atoms. The molecule has 3 amide bonds. The lowest BCUT2D eigenvalue weighted by atomic mass is 9.78. The molecule has 0 aliphatic carbocycles. The molecule has 0 saturated carbocycles. The molecule has 5 rings (SSSR count). The van der Waals surface area contributed by atoms with Crippen molar-refractivity contribution < 1.29 is 28.5 Å². The summed E-state index contributed by atoms with van der Waals surface area (Å²) in [6.45, 7) is 8.02. The van der Waals surface area contributed by atoms with Crippen LogP contribution in [0.1, 0.15) is 36.6 Å². The first-order valence-corrected chi connectivity index (χ1v) is 12.9. The molecule has 0 unspecified atom stereocenters. The Kier molecular flexibility index (Phi) is 6.76. The molecule has 0 aromatic heterocycles. The molecule has 0 spiro atoms. The van der Waals surface area contributed by atoms with Crippen molar-refractivity contribution in [1.29, 1.82) is 0 Å². The molecule has 3 aromatic rings. The van der Waals surface area contributed by atoms with E-state index < -0.39 is 23.7 Å². The molecule has 39 heavy (non-hydrogen) atoms. The number of anilines is 2. The van der Waals surface area contributed by atoms with Gasteiger partial charge in [-0.25, -0.2) is 4.79 Å². The maximum atomic E-state index is 14.1. The van der Waals surface area contributed by atoms with Gasteiger partial charge in [-0.05, 0) is 57.5 Å². The standard InChI is InChI=1S/C30H33N3O6/c1-7-38-23-10-8-9-20-26-25(28(34)31-21-13-11-17(2)15-18(21)3)30(4,39-27(20)23)33(29(35)32-26)22-14-12-19(36-5)16-24(22)37-6/h8-16,25-26H,7H2,1-6H3,(H,31,34)(H,32,35)/t25-,26-,30+/m1/s1. The minimum atomic E-state index is -1.45. The first-order chi connectivity index (χ1) is 18.7. The Morgan fingerprint density at radius 3 is 2.56 bits per heavy atom. The summed E-state index contributed by atoms with van der Waals surface area (Å²) >= 11 is 0. The number of urea groups is 1. The van der Waals surface area contributed by atoms with Crippen LogP contribution in [0.5, 0.6) is 23.0 Å². The fraction of sp³-hybridized carbons (Fsp3) is 0.333. The summed E-state index contributed by atoms with van der Waals surface area (Å²) in [5.74, 6) is 0.850. The van der Waals surface area contributed by atoms with Crippen molar-refractivity contribution in [2.24, 2.45) is 5.92 Å². The molecule has 2 aliphatic rings. The number of carbonyl (C=O) groups excluding carboxylic acids is 2. The first-order valence-electron chi connectivity index (χ1n) is 12.9. The van der Waals surface area contributed by atoms with E-state index in [0.717, 1.165) is 11.1 Å². The van der Waals surface area contributed by atoms with Crippen LogP contribution in [0.4, 0.5) is 16.2 Å². The van der Waals surface area contributed by atoms with Crippen LogP contribution < -0.4 is 34.5 Å². The van der Waals surface area contributed by atoms with Crippen LogP contribution in [0.2, 0.25) is 0 Å². The molecule has 0 radical (unpaired) electrons. The molecule has 3 aromatic carbocycles. The number of nitrogens with one attached hydrogen (secondary N) is 2. The maximum absolute atomic E-state index is 14.1. The molecule has 1 saturated heterocycles. The third-order valence-corrected chi connectivity index (χ3v) is 7.34. The monoisotopic (exact) mass is 531 g/mol. The van der Waals surface area contributed by atoms with E-state index in [0.29, 0.717) is 46.5 Å². The molecular formula is C30H33N3O6. The third-order valence-electron chi connectivity index (χ3n) is 7.34. The summed E-state index contributed by atoms with van der Waals surface area (Å²) in [7, 11) is 3.07. The number of para-hydroxylation sites is 1. The van der Waals surface area contributed by atoms with Crippen LogP contribution in [0.3, 0.4) is 0 Å². The highest BCUT2D eigenvalue weighted by Gasteiger charge is 2.61. The van der Waals surface area contributed by atoms with E-state index in [-0.39, 0.29) is 5.91 Å². The molecule has 9 nitrogen and oxygen atoms in total. The predicted octanol–water partition coefficient (Wildman–Crippen LogP) is 5.35. The zero-order valence-electron chi connectivity index (χ0n) is 23.0. The Morgan fingerprint density at radius 1 is 1.08 bits per heavy atom. The van der Waals surface area contributed by atoms with Crippen molar-refractivity contribution >= 4 is 23.3 Å². The number of rotatable bonds is 7. The van der Waals surface area contributed by atoms with E-state index >= 15 is 0 Å². The lowest BCUT2D eigenvalue weighted by Crippen LogP contribution is -2.72. The highest BCUT2D eigenvalue weighted by molar-refractivity contribution is 6.02. The molecule has 1 fully saturated rings. The smallest absolute Gasteiger partial charge is 0.325 e. The zero-order valence-corrected chi connectivity index (χ0v) is 23.0. The number of fused-ring (bicyclic) bond motifs is 4. The number of methoxy groups -OCH3 is 2. The number of carbonyl (C=O) groups is 2. The molecule has 9 heteroatoms. The lowest BCUT2D eigenvalue weighted by Gasteiger charge is -2.54. The normalized spacial score (nSPS) is 21.3. The van der Waals surface area contributed by atoms with Gasteiger partial charge in [0.1, 0.15) is 17.4 Å². The van der Waals surface area contributed by atoms with E-state index in [4.69, 9.17) is 18.9 Å². The molecule has 2 N–H and O–H groups in total. The lowest BCUT2D eigenvalue weighted by molar-refractivity contribution is -0.131. The Labute approximate surface area is 228 Å². The first kappa shape index (κ1) is 26.2. The molecule has 2 heterocycles. The number of ether oxygens (including phenoxy) is 4. The Morgan fingerprint density at radius 2 is 1.87 bits per heavy atom. The van der Waals surface area contributed by atoms with E-state index in [1.165, 1.54) is 12.0 Å². The topological polar surface area (TPSA) is 98.4 Å². The average molecular weight is 532 g/mol. The van der Waals surface area contributed by atoms with E-state index in [9.17, 15) is 9.59 Å². The second-order valence-electron chi connectivity index (χ2n) is 9.85. The van der Waals surface area contributed by atoms with Crippen molar-refractivity contribution in [1.82, 2.24) is 5.32 Å². The van der Waals surface area contributed by atoms with E-state index in [1.54, 1.807) is 32.2 Å². The van der Waals surface area contributed by atoms with Gasteiger partial charge < -0.3 is 29.6 Å². The van der Waals surface area contributed by atoms with Crippen LogP contribution in [0, 0.1) is 19.8 Å². The fourth-order valence-corrected chi connectivity index (χ4v) is 5.54. The van der Waals surface area contributed by atoms with Gasteiger partial charge in [-0.2, -0.15) is 0 Å². The highest BCUT2D eigenvalue weighted by atomic mass is 16.6. The van der Waals surface area contributed by atoms with Gasteiger partial charge in [0.05, 0.1) is 32.6 Å². The van der Waals surface area contributed by atoms with Crippen molar-refractivity contribution in [3.8, 4) is 23.0 Å². The quantitative estimate of drug-likeness (QED) is 0.426. The predicted molar refractivity (Wildman–Crippen MR) is 148 cm³/mol. The van der Waals surface area contributed by atoms with Crippen LogP contribution in [-0.2, 0) is 4.79 Å². The number of nitrogens with zero attached hydrogens (tertiary/aromatic N) is 1. The Hall–Kier alpha value is -4.40. The fourth-order valence-electron chi connectivity index (χ4n) is 5.54. The second-order valence-corrected chi connectivity index (χ2v) is 9.85. The molecular weight excluding hydrogens is 498 g/mol. The SMILES string of the molecule is CCOc1cccc2c1O[C@@]1(C)[C@@H](C(=O)Nc3ccc(C)cc3C)[C@@H]2NC(=O)N1c1ccc(OC)cc1OC. The van der Waals surface area contributed by atoms with Crippen molar-refractivity contribution in [3.05, 3.63) is 71.3 Å². The summed E-state index contributed by atoms with van der Waals surface area (Å²) in [5, 5.41) is 6.16. The summed E-state index contributed by atoms with van der Waals surface area (Å²) in [6.07, 6.45) is 0. The van der Waals surface area contributed by atoms with E-state index in [2.05, 4.69) is 10.6 Å². The van der Waals surface area contributed by atoms with Crippen LogP contribution in [-0.4, -0.2) is 38.5 Å². The minimum absolute atomic E-state index is 0.292. The Bertz CT molecular complexity index is 1440. The van der Waals surface area contributed by atoms with Gasteiger partial charge in [0.2, 0.25) is 11.6 Å². The summed E-state index contributed by atoms with van der Waals surface area (Å²) in [5.41, 5.74) is 2.39. The summed E-state index contributed by atoms with van der Waals surface area (Å²) < 4.78 is 23.6. The third kappa shape index (κ3) is 4.37. The number of aryl methyl sites for hydroxylation is 2. The maximum Gasteiger partial charge on any atom is 0.325 e. The van der Waals surface area contributed by atoms with Crippen molar-refractivity contribution in [2.45, 2.75) is 39.5 Å². The second kappa shape index (κ2) is 10.1. The van der Waals surface area contributed by atoms with Gasteiger partial charge in [0, 0.05) is 17.3 Å². The largest absolute Gasteiger partial charge is 0.497 e. The Balaban J connectivity index is 1.67. The van der Waals surface area contributed by atoms with Gasteiger partial charge in [-0.15, -0.1) is 0 Å². The minimum Gasteiger partial charge on any atom is -0.497 e. The van der Waals surface area contributed by atoms with Crippen molar-refractivity contribution in [2.75, 3.05) is 31.0 Å². The van der Waals surface area contributed by atoms with Crippen LogP contribution in [0.25, 0.3) is 0 Å². The molecule has 204 valence electrons. The van der Waals surface area contributed by atoms with Gasteiger partial charge >= 0.3 is 6.03 Å². The van der Waals surface area contributed by atoms with Gasteiger partial charge in [-0.3, -0.25) is 9.69 Å². The van der Waals surface area contributed by atoms with Gasteiger partial charge in [0.15, 0.2) is 11.5 Å². The van der Waals surface area contributed by atoms with Gasteiger partial charge in [0.25, 0.3) is 0 Å². The number of hydrogen-bond acceptors (Lipinski definition) is 6. The highest BCUT2D eigenvalue weighted by Crippen LogP contribution is 2.53. The van der Waals surface area contributed by atoms with Gasteiger partial charge in [-0.1, -0.05) is 29.8 Å². The number of benzene rings is 3. The summed E-state index contributed by atoms with van der Waals surface area (Å²) in [6, 6.07) is 15.4. The average Bonchev–Trinajstić information content (AvgIpc) is 2.90. The van der Waals surface area contributed by atoms with Crippen molar-refractivity contribution in [3.63, 3.8) is 0 Å². The van der Waals surface area contributed by atoms with Crippen LogP contribution in [0.15, 0.2) is 54.6 Å². The summed E-state index contributed by atoms with van der Waals surface area (Å²) in [4.78, 5) is 29.3. The van der Waals surface area contributed by atoms with Crippen LogP contribution >= 0.6 is 0 Å². The zero-order chi connectivity index (χ0) is 27.9. The number of amides is 3. The van der Waals surface area contributed by atoms with E-state index in [1.807, 2.05) is 57.2 Å². The molecule has 3 atom stereocenters. The molecule has 2 aliphatic heterocycles.